The van der Waals surface area contributed by atoms with Gasteiger partial charge in [-0.15, -0.1) is 0 Å². The fraction of sp³-hybridized carbons (Fsp3) is 0.905. The van der Waals surface area contributed by atoms with E-state index in [2.05, 4.69) is 0 Å². The average molecular weight is 801 g/mol. The van der Waals surface area contributed by atoms with Gasteiger partial charge in [0, 0.05) is 52.4 Å². The first-order chi connectivity index (χ1) is 25.9. The van der Waals surface area contributed by atoms with Crippen LogP contribution in [0, 0.1) is 0 Å². The normalized spacial score (nSPS) is 18.8. The molecule has 0 aromatic carbocycles. The van der Waals surface area contributed by atoms with Crippen molar-refractivity contribution in [3.63, 3.8) is 0 Å². The molecule has 0 spiro atoms. The van der Waals surface area contributed by atoms with Crippen LogP contribution in [0.15, 0.2) is 0 Å². The van der Waals surface area contributed by atoms with Crippen LogP contribution in [0.4, 0.5) is 19.2 Å². The lowest BCUT2D eigenvalue weighted by atomic mass is 10.1. The van der Waals surface area contributed by atoms with Gasteiger partial charge in [0.2, 0.25) is 0 Å². The Balaban J connectivity index is 0.000000374. The lowest BCUT2D eigenvalue weighted by Gasteiger charge is -2.32. The molecule has 4 heterocycles. The highest BCUT2D eigenvalue weighted by atomic mass is 16.6. The number of carbonyl (C=O) groups is 4. The smallest absolute Gasteiger partial charge is 0.410 e. The summed E-state index contributed by atoms with van der Waals surface area (Å²) in [7, 11) is 0. The molecule has 4 fully saturated rings. The van der Waals surface area contributed by atoms with Crippen LogP contribution >= 0.6 is 0 Å². The second-order valence-electron chi connectivity index (χ2n) is 18.5. The summed E-state index contributed by atoms with van der Waals surface area (Å²) in [5.41, 5.74) is -1.52. The maximum Gasteiger partial charge on any atom is 0.410 e. The second kappa shape index (κ2) is 24.0. The molecule has 4 aliphatic rings. The Hall–Kier alpha value is -3.00. The fourth-order valence-electron chi connectivity index (χ4n) is 5.65. The first-order valence-electron chi connectivity index (χ1n) is 21.1. The van der Waals surface area contributed by atoms with Gasteiger partial charge < -0.3 is 48.8 Å². The molecule has 0 aromatic rings. The molecule has 4 amide bonds. The van der Waals surface area contributed by atoms with E-state index in [-0.39, 0.29) is 47.8 Å². The number of rotatable bonds is 4. The number of ether oxygens (including phenoxy) is 4. The first kappa shape index (κ1) is 51.0. The van der Waals surface area contributed by atoms with Crippen LogP contribution in [0.2, 0.25) is 0 Å². The number of likely N-dealkylation sites (tertiary alicyclic amines) is 4. The Morgan fingerprint density at radius 3 is 0.893 bits per heavy atom. The minimum absolute atomic E-state index is 0.142. The molecule has 0 bridgehead atoms. The molecular formula is C42H80N4O10. The van der Waals surface area contributed by atoms with Gasteiger partial charge in [-0.05, 0) is 146 Å². The quantitative estimate of drug-likeness (QED) is 0.265. The van der Waals surface area contributed by atoms with Crippen LogP contribution in [0.25, 0.3) is 0 Å². The maximum absolute atomic E-state index is 11.7. The molecule has 0 aromatic heterocycles. The number of hydrogen-bond acceptors (Lipinski definition) is 10. The molecule has 0 atom stereocenters. The Bertz CT molecular complexity index is 1160. The third-order valence-electron chi connectivity index (χ3n) is 9.89. The Morgan fingerprint density at radius 1 is 0.429 bits per heavy atom. The van der Waals surface area contributed by atoms with Crippen molar-refractivity contribution < 1.29 is 48.3 Å². The summed E-state index contributed by atoms with van der Waals surface area (Å²) in [6.45, 7) is 28.8. The van der Waals surface area contributed by atoms with Gasteiger partial charge in [-0.3, -0.25) is 0 Å². The van der Waals surface area contributed by atoms with E-state index in [0.29, 0.717) is 51.9 Å². The predicted molar refractivity (Wildman–Crippen MR) is 219 cm³/mol. The zero-order chi connectivity index (χ0) is 42.7. The van der Waals surface area contributed by atoms with E-state index in [1.54, 1.807) is 14.7 Å². The van der Waals surface area contributed by atoms with Gasteiger partial charge >= 0.3 is 24.4 Å². The van der Waals surface area contributed by atoms with E-state index >= 15 is 0 Å². The SMILES string of the molecule is CC(C)(C)OC(=O)N1CCC(O)CC1.CC(C)(C)OC(=O)N1CCCCC1.CCC(C)(C)OC(=O)N1CCC(O)CC1.CCC(C)(C)OC(=O)N1CCCCC1. The molecule has 328 valence electrons. The highest BCUT2D eigenvalue weighted by molar-refractivity contribution is 5.69. The molecule has 0 saturated carbocycles. The average Bonchev–Trinajstić information content (AvgIpc) is 3.12. The zero-order valence-corrected chi connectivity index (χ0v) is 37.2. The van der Waals surface area contributed by atoms with E-state index in [0.717, 1.165) is 64.7 Å². The molecule has 4 saturated heterocycles. The van der Waals surface area contributed by atoms with Crippen molar-refractivity contribution in [2.24, 2.45) is 0 Å². The van der Waals surface area contributed by atoms with Gasteiger partial charge in [-0.25, -0.2) is 19.2 Å². The van der Waals surface area contributed by atoms with Crippen molar-refractivity contribution in [1.29, 1.82) is 0 Å². The summed E-state index contributed by atoms with van der Waals surface area (Å²) < 4.78 is 21.3. The van der Waals surface area contributed by atoms with Gasteiger partial charge in [0.15, 0.2) is 0 Å². The number of nitrogens with zero attached hydrogens (tertiary/aromatic N) is 4. The van der Waals surface area contributed by atoms with Crippen molar-refractivity contribution in [2.45, 2.75) is 195 Å². The van der Waals surface area contributed by atoms with Crippen LogP contribution in [-0.2, 0) is 18.9 Å². The van der Waals surface area contributed by atoms with Crippen molar-refractivity contribution in [1.82, 2.24) is 19.6 Å². The number of amides is 4. The predicted octanol–water partition coefficient (Wildman–Crippen LogP) is 8.35. The maximum atomic E-state index is 11.7. The van der Waals surface area contributed by atoms with E-state index in [1.165, 1.54) is 12.8 Å². The number of aliphatic hydroxyl groups excluding tert-OH is 2. The summed E-state index contributed by atoms with van der Waals surface area (Å²) in [5, 5.41) is 18.6. The standard InChI is InChI=1S/C11H21NO3.C11H21NO2.C10H19NO3.C10H19NO2/c1-4-11(2,3)15-10(14)12-7-5-9(13)6-8-12;1-4-11(2,3)14-10(13)12-8-6-5-7-9-12;1-10(2,3)14-9(13)11-6-4-8(12)5-7-11;1-10(2,3)13-9(12)11-7-5-4-6-8-11/h9,13H,4-8H2,1-3H3;4-9H2,1-3H3;8,12H,4-7H2,1-3H3;4-8H2,1-3H3. The lowest BCUT2D eigenvalue weighted by Crippen LogP contribution is -2.43. The lowest BCUT2D eigenvalue weighted by molar-refractivity contribution is -0.000992. The van der Waals surface area contributed by atoms with Crippen molar-refractivity contribution in [3.05, 3.63) is 0 Å². The number of hydrogen-bond donors (Lipinski definition) is 2. The van der Waals surface area contributed by atoms with E-state index in [9.17, 15) is 29.4 Å². The molecule has 4 aliphatic heterocycles. The Kier molecular flexibility index (Phi) is 21.9. The minimum Gasteiger partial charge on any atom is -0.444 e. The molecular weight excluding hydrogens is 720 g/mol. The molecule has 56 heavy (non-hydrogen) atoms. The largest absolute Gasteiger partial charge is 0.444 e. The highest BCUT2D eigenvalue weighted by Crippen LogP contribution is 2.20. The monoisotopic (exact) mass is 801 g/mol. The third kappa shape index (κ3) is 22.7. The van der Waals surface area contributed by atoms with E-state index in [1.807, 2.05) is 88.0 Å². The van der Waals surface area contributed by atoms with Gasteiger partial charge in [-0.1, -0.05) is 13.8 Å². The molecule has 0 unspecified atom stereocenters. The van der Waals surface area contributed by atoms with E-state index < -0.39 is 11.2 Å². The number of carbonyl (C=O) groups excluding carboxylic acids is 4. The number of piperidine rings is 4. The molecule has 0 radical (unpaired) electrons. The summed E-state index contributed by atoms with van der Waals surface area (Å²) in [6, 6.07) is 0. The van der Waals surface area contributed by atoms with Crippen LogP contribution in [-0.4, -0.2) is 141 Å². The third-order valence-corrected chi connectivity index (χ3v) is 9.89. The first-order valence-corrected chi connectivity index (χ1v) is 21.1. The second-order valence-corrected chi connectivity index (χ2v) is 18.5. The van der Waals surface area contributed by atoms with Crippen molar-refractivity contribution >= 4 is 24.4 Å². The van der Waals surface area contributed by atoms with Crippen LogP contribution in [0.3, 0.4) is 0 Å². The van der Waals surface area contributed by atoms with Crippen LogP contribution in [0.1, 0.15) is 160 Å². The van der Waals surface area contributed by atoms with Gasteiger partial charge in [-0.2, -0.15) is 0 Å². The van der Waals surface area contributed by atoms with Crippen molar-refractivity contribution in [3.8, 4) is 0 Å². The van der Waals surface area contributed by atoms with Gasteiger partial charge in [0.25, 0.3) is 0 Å². The fourth-order valence-corrected chi connectivity index (χ4v) is 5.65. The molecule has 4 rings (SSSR count). The van der Waals surface area contributed by atoms with E-state index in [4.69, 9.17) is 18.9 Å². The molecule has 0 aliphatic carbocycles. The van der Waals surface area contributed by atoms with Gasteiger partial charge in [0.05, 0.1) is 12.2 Å². The highest BCUT2D eigenvalue weighted by Gasteiger charge is 2.29. The van der Waals surface area contributed by atoms with Crippen LogP contribution in [0.5, 0.6) is 0 Å². The topological polar surface area (TPSA) is 159 Å². The zero-order valence-electron chi connectivity index (χ0n) is 37.2. The van der Waals surface area contributed by atoms with Crippen LogP contribution < -0.4 is 0 Å². The molecule has 14 heteroatoms. The van der Waals surface area contributed by atoms with Crippen molar-refractivity contribution in [2.75, 3.05) is 52.4 Å². The summed E-state index contributed by atoms with van der Waals surface area (Å²) in [6.07, 6.45) is 9.84. The molecule has 2 N–H and O–H groups in total. The summed E-state index contributed by atoms with van der Waals surface area (Å²) >= 11 is 0. The summed E-state index contributed by atoms with van der Waals surface area (Å²) in [4.78, 5) is 53.4. The Morgan fingerprint density at radius 2 is 0.661 bits per heavy atom. The number of aliphatic hydroxyl groups is 2. The van der Waals surface area contributed by atoms with Gasteiger partial charge in [0.1, 0.15) is 22.4 Å². The minimum atomic E-state index is -0.437. The summed E-state index contributed by atoms with van der Waals surface area (Å²) in [5.74, 6) is 0. The Labute approximate surface area is 338 Å². The molecule has 14 nitrogen and oxygen atoms in total.